The van der Waals surface area contributed by atoms with Gasteiger partial charge in [0.1, 0.15) is 0 Å². The average molecular weight is 188 g/mol. The highest BCUT2D eigenvalue weighted by atomic mass is 32.2. The normalized spacial score (nSPS) is 18.4. The van der Waals surface area contributed by atoms with Gasteiger partial charge in [0.25, 0.3) is 5.91 Å². The van der Waals surface area contributed by atoms with Gasteiger partial charge in [-0.2, -0.15) is 0 Å². The van der Waals surface area contributed by atoms with Crippen LogP contribution >= 0.6 is 0 Å². The average Bonchev–Trinajstić information content (AvgIpc) is 2.05. The lowest BCUT2D eigenvalue weighted by atomic mass is 10.1. The van der Waals surface area contributed by atoms with Gasteiger partial charge in [0.15, 0.2) is 5.75 Å². The summed E-state index contributed by atoms with van der Waals surface area (Å²) < 4.78 is 0. The van der Waals surface area contributed by atoms with E-state index in [-0.39, 0.29) is 10.9 Å². The Labute approximate surface area is 77.7 Å². The van der Waals surface area contributed by atoms with Crippen LogP contribution in [0.3, 0.4) is 0 Å². The van der Waals surface area contributed by atoms with Gasteiger partial charge >= 0.3 is 0 Å². The minimum atomic E-state index is 0.261. The first kappa shape index (κ1) is 9.90. The number of rotatable bonds is 2. The first-order valence-corrected chi connectivity index (χ1v) is 6.73. The monoisotopic (exact) mass is 188 g/mol. The standard InChI is InChI=1S/C9H18NOS/c1-12(2)8-9(11)10-6-4-3-5-7-10/h3-8H2,1-2H3/q+1. The second kappa shape index (κ2) is 4.75. The highest BCUT2D eigenvalue weighted by molar-refractivity contribution is 7.96. The van der Waals surface area contributed by atoms with Crippen molar-refractivity contribution in [1.29, 1.82) is 0 Å². The molecule has 1 aliphatic rings. The second-order valence-corrected chi connectivity index (χ2v) is 5.83. The number of nitrogens with zero attached hydrogens (tertiary/aromatic N) is 1. The molecule has 0 aliphatic carbocycles. The third-order valence-electron chi connectivity index (χ3n) is 2.12. The Hall–Kier alpha value is -0.180. The number of piperidine rings is 1. The Kier molecular flexibility index (Phi) is 3.92. The molecule has 0 atom stereocenters. The van der Waals surface area contributed by atoms with Crippen molar-refractivity contribution in [2.24, 2.45) is 0 Å². The zero-order chi connectivity index (χ0) is 8.97. The van der Waals surface area contributed by atoms with Gasteiger partial charge in [-0.05, 0) is 30.2 Å². The third kappa shape index (κ3) is 3.05. The maximum Gasteiger partial charge on any atom is 0.272 e. The van der Waals surface area contributed by atoms with Crippen LogP contribution in [0.1, 0.15) is 19.3 Å². The van der Waals surface area contributed by atoms with Gasteiger partial charge in [-0.3, -0.25) is 4.79 Å². The molecule has 3 heteroatoms. The van der Waals surface area contributed by atoms with E-state index in [0.717, 1.165) is 18.8 Å². The van der Waals surface area contributed by atoms with Crippen molar-refractivity contribution in [1.82, 2.24) is 4.90 Å². The molecule has 1 fully saturated rings. The minimum Gasteiger partial charge on any atom is -0.339 e. The number of hydrogen-bond acceptors (Lipinski definition) is 1. The molecule has 12 heavy (non-hydrogen) atoms. The first-order valence-electron chi connectivity index (χ1n) is 4.52. The Balaban J connectivity index is 2.30. The van der Waals surface area contributed by atoms with Crippen molar-refractivity contribution in [3.63, 3.8) is 0 Å². The Morgan fingerprint density at radius 3 is 2.33 bits per heavy atom. The SMILES string of the molecule is C[S+](C)CC(=O)N1CCCCC1. The van der Waals surface area contributed by atoms with Gasteiger partial charge in [0.2, 0.25) is 0 Å². The van der Waals surface area contributed by atoms with E-state index in [1.54, 1.807) is 0 Å². The first-order chi connectivity index (χ1) is 5.70. The second-order valence-electron chi connectivity index (χ2n) is 3.57. The van der Waals surface area contributed by atoms with E-state index in [1.165, 1.54) is 19.3 Å². The molecule has 0 aromatic carbocycles. The lowest BCUT2D eigenvalue weighted by Gasteiger charge is -2.25. The molecule has 0 aromatic rings. The van der Waals surface area contributed by atoms with E-state index in [2.05, 4.69) is 12.5 Å². The lowest BCUT2D eigenvalue weighted by molar-refractivity contribution is -0.129. The molecular weight excluding hydrogens is 170 g/mol. The molecule has 0 saturated carbocycles. The molecule has 1 rings (SSSR count). The maximum atomic E-state index is 11.5. The zero-order valence-corrected chi connectivity index (χ0v) is 8.82. The van der Waals surface area contributed by atoms with Crippen LogP contribution in [0, 0.1) is 0 Å². The van der Waals surface area contributed by atoms with E-state index in [1.807, 2.05) is 4.90 Å². The van der Waals surface area contributed by atoms with Crippen LogP contribution in [0.2, 0.25) is 0 Å². The Morgan fingerprint density at radius 2 is 1.83 bits per heavy atom. The number of carbonyl (C=O) groups is 1. The van der Waals surface area contributed by atoms with Crippen molar-refractivity contribution in [2.45, 2.75) is 19.3 Å². The summed E-state index contributed by atoms with van der Waals surface area (Å²) in [6.45, 7) is 1.99. The summed E-state index contributed by atoms with van der Waals surface area (Å²) >= 11 is 0. The topological polar surface area (TPSA) is 20.3 Å². The van der Waals surface area contributed by atoms with Gasteiger partial charge in [-0.1, -0.05) is 0 Å². The van der Waals surface area contributed by atoms with Crippen molar-refractivity contribution < 1.29 is 4.79 Å². The van der Waals surface area contributed by atoms with Crippen LogP contribution in [-0.4, -0.2) is 42.2 Å². The molecule has 0 aromatic heterocycles. The zero-order valence-electron chi connectivity index (χ0n) is 8.01. The lowest BCUT2D eigenvalue weighted by Crippen LogP contribution is -2.38. The van der Waals surface area contributed by atoms with Crippen LogP contribution in [-0.2, 0) is 15.7 Å². The summed E-state index contributed by atoms with van der Waals surface area (Å²) in [5.74, 6) is 1.11. The molecule has 0 bridgehead atoms. The summed E-state index contributed by atoms with van der Waals surface area (Å²) in [4.78, 5) is 13.6. The molecule has 1 amide bonds. The fraction of sp³-hybridized carbons (Fsp3) is 0.889. The van der Waals surface area contributed by atoms with Crippen LogP contribution in [0.25, 0.3) is 0 Å². The molecule has 2 nitrogen and oxygen atoms in total. The highest BCUT2D eigenvalue weighted by Crippen LogP contribution is 2.09. The summed E-state index contributed by atoms with van der Waals surface area (Å²) in [6.07, 6.45) is 7.96. The van der Waals surface area contributed by atoms with E-state index >= 15 is 0 Å². The van der Waals surface area contributed by atoms with Gasteiger partial charge in [0, 0.05) is 13.1 Å². The number of amides is 1. The van der Waals surface area contributed by atoms with E-state index < -0.39 is 0 Å². The molecule has 0 radical (unpaired) electrons. The Morgan fingerprint density at radius 1 is 1.25 bits per heavy atom. The molecular formula is C9H18NOS+. The summed E-state index contributed by atoms with van der Waals surface area (Å²) in [5, 5.41) is 0. The summed E-state index contributed by atoms with van der Waals surface area (Å²) in [6, 6.07) is 0. The summed E-state index contributed by atoms with van der Waals surface area (Å²) in [5.41, 5.74) is 0. The smallest absolute Gasteiger partial charge is 0.272 e. The minimum absolute atomic E-state index is 0.261. The van der Waals surface area contributed by atoms with E-state index in [9.17, 15) is 4.79 Å². The molecule has 0 unspecified atom stereocenters. The van der Waals surface area contributed by atoms with Gasteiger partial charge in [-0.15, -0.1) is 0 Å². The van der Waals surface area contributed by atoms with Crippen molar-refractivity contribution >= 4 is 16.8 Å². The molecule has 1 heterocycles. The van der Waals surface area contributed by atoms with Crippen molar-refractivity contribution in [2.75, 3.05) is 31.4 Å². The predicted molar refractivity (Wildman–Crippen MR) is 54.5 cm³/mol. The Bertz CT molecular complexity index is 153. The third-order valence-corrected chi connectivity index (χ3v) is 2.95. The molecule has 0 spiro atoms. The predicted octanol–water partition coefficient (Wildman–Crippen LogP) is 0.877. The van der Waals surface area contributed by atoms with E-state index in [0.29, 0.717) is 5.91 Å². The number of hydrogen-bond donors (Lipinski definition) is 0. The van der Waals surface area contributed by atoms with Crippen LogP contribution in [0.4, 0.5) is 0 Å². The largest absolute Gasteiger partial charge is 0.339 e. The van der Waals surface area contributed by atoms with Gasteiger partial charge in [0.05, 0.1) is 12.5 Å². The fourth-order valence-electron chi connectivity index (χ4n) is 1.48. The number of likely N-dealkylation sites (tertiary alicyclic amines) is 1. The van der Waals surface area contributed by atoms with Crippen molar-refractivity contribution in [3.05, 3.63) is 0 Å². The van der Waals surface area contributed by atoms with Crippen LogP contribution in [0.15, 0.2) is 0 Å². The fourth-order valence-corrected chi connectivity index (χ4v) is 2.16. The maximum absolute atomic E-state index is 11.5. The van der Waals surface area contributed by atoms with E-state index in [4.69, 9.17) is 0 Å². The van der Waals surface area contributed by atoms with Gasteiger partial charge < -0.3 is 4.90 Å². The number of carbonyl (C=O) groups excluding carboxylic acids is 1. The molecule has 1 aliphatic heterocycles. The quantitative estimate of drug-likeness (QED) is 0.589. The van der Waals surface area contributed by atoms with Crippen LogP contribution < -0.4 is 0 Å². The van der Waals surface area contributed by atoms with Crippen molar-refractivity contribution in [3.8, 4) is 0 Å². The highest BCUT2D eigenvalue weighted by Gasteiger charge is 2.20. The molecule has 1 saturated heterocycles. The van der Waals surface area contributed by atoms with Crippen LogP contribution in [0.5, 0.6) is 0 Å². The van der Waals surface area contributed by atoms with Gasteiger partial charge in [-0.25, -0.2) is 0 Å². The summed E-state index contributed by atoms with van der Waals surface area (Å²) in [7, 11) is 0.261. The molecule has 70 valence electrons. The molecule has 0 N–H and O–H groups in total.